The topological polar surface area (TPSA) is 85.3 Å². The van der Waals surface area contributed by atoms with Gasteiger partial charge in [-0.3, -0.25) is 9.59 Å². The lowest BCUT2D eigenvalue weighted by Gasteiger charge is -2.20. The normalized spacial score (nSPS) is 13.1. The van der Waals surface area contributed by atoms with Gasteiger partial charge in [0, 0.05) is 20.1 Å². The van der Waals surface area contributed by atoms with Crippen molar-refractivity contribution in [3.05, 3.63) is 0 Å². The molecule has 0 aromatic rings. The summed E-state index contributed by atoms with van der Waals surface area (Å²) in [4.78, 5) is 25.0. The van der Waals surface area contributed by atoms with E-state index in [1.54, 1.807) is 0 Å². The molecule has 0 amide bonds. The van der Waals surface area contributed by atoms with E-state index in [0.717, 1.165) is 12.8 Å². The monoisotopic (exact) mass is 487 g/mol. The lowest BCUT2D eigenvalue weighted by atomic mass is 10.0. The van der Waals surface area contributed by atoms with Crippen LogP contribution < -0.4 is 0 Å². The molecular formula is C27H53NO6. The van der Waals surface area contributed by atoms with Crippen molar-refractivity contribution in [2.45, 2.75) is 122 Å². The molecule has 0 fully saturated rings. The van der Waals surface area contributed by atoms with Gasteiger partial charge in [0.1, 0.15) is 18.8 Å². The van der Waals surface area contributed by atoms with E-state index in [9.17, 15) is 14.7 Å². The van der Waals surface area contributed by atoms with Gasteiger partial charge in [-0.1, -0.05) is 90.4 Å². The van der Waals surface area contributed by atoms with Gasteiger partial charge in [0.05, 0.1) is 13.0 Å². The summed E-state index contributed by atoms with van der Waals surface area (Å²) in [6, 6.07) is 0. The third kappa shape index (κ3) is 24.0. The highest BCUT2D eigenvalue weighted by Gasteiger charge is 2.19. The zero-order valence-electron chi connectivity index (χ0n) is 22.5. The number of nitrogens with zero attached hydrogens (tertiary/aromatic N) is 1. The van der Waals surface area contributed by atoms with Crippen LogP contribution in [0.25, 0.3) is 0 Å². The molecule has 7 heteroatoms. The smallest absolute Gasteiger partial charge is 0.309 e. The molecule has 0 heterocycles. The van der Waals surface area contributed by atoms with Crippen LogP contribution in [0.15, 0.2) is 0 Å². The first-order chi connectivity index (χ1) is 16.3. The standard InChI is InChI=1S/C27H53NO6/c1-5-6-7-8-9-10-11-12-13-14-15-16-17-18-19-32-22-25(30)23-33-27(31)20-26(21-28(3)4)34-24(2)29/h25-26,30H,5-23H2,1-4H3. The average molecular weight is 488 g/mol. The number of carbonyl (C=O) groups is 2. The van der Waals surface area contributed by atoms with Gasteiger partial charge >= 0.3 is 11.9 Å². The van der Waals surface area contributed by atoms with Crippen molar-refractivity contribution in [2.24, 2.45) is 0 Å². The predicted molar refractivity (Wildman–Crippen MR) is 137 cm³/mol. The zero-order chi connectivity index (χ0) is 25.4. The number of ether oxygens (including phenoxy) is 3. The minimum Gasteiger partial charge on any atom is -0.463 e. The molecule has 0 spiro atoms. The van der Waals surface area contributed by atoms with Gasteiger partial charge in [-0.25, -0.2) is 0 Å². The lowest BCUT2D eigenvalue weighted by molar-refractivity contribution is -0.156. The first-order valence-corrected chi connectivity index (χ1v) is 13.6. The van der Waals surface area contributed by atoms with Crippen LogP contribution in [0.3, 0.4) is 0 Å². The summed E-state index contributed by atoms with van der Waals surface area (Å²) in [6.07, 6.45) is 17.0. The van der Waals surface area contributed by atoms with Gasteiger partial charge < -0.3 is 24.2 Å². The van der Waals surface area contributed by atoms with Crippen LogP contribution in [0.2, 0.25) is 0 Å². The maximum Gasteiger partial charge on any atom is 0.309 e. The van der Waals surface area contributed by atoms with Crippen LogP contribution in [0.1, 0.15) is 110 Å². The number of aliphatic hydroxyl groups excluding tert-OH is 1. The lowest BCUT2D eigenvalue weighted by Crippen LogP contribution is -2.33. The molecule has 0 aromatic heterocycles. The number of esters is 2. The Morgan fingerprint density at radius 3 is 1.76 bits per heavy atom. The third-order valence-electron chi connectivity index (χ3n) is 5.68. The van der Waals surface area contributed by atoms with E-state index >= 15 is 0 Å². The molecule has 2 atom stereocenters. The van der Waals surface area contributed by atoms with Gasteiger partial charge in [0.2, 0.25) is 0 Å². The minimum atomic E-state index is -0.850. The number of unbranched alkanes of at least 4 members (excludes halogenated alkanes) is 13. The van der Waals surface area contributed by atoms with Gasteiger partial charge in [0.15, 0.2) is 0 Å². The van der Waals surface area contributed by atoms with Crippen molar-refractivity contribution >= 4 is 11.9 Å². The Labute approximate surface area is 208 Å². The summed E-state index contributed by atoms with van der Waals surface area (Å²) in [5, 5.41) is 9.94. The number of hydrogen-bond donors (Lipinski definition) is 1. The van der Waals surface area contributed by atoms with E-state index in [1.165, 1.54) is 84.0 Å². The molecule has 1 N–H and O–H groups in total. The first-order valence-electron chi connectivity index (χ1n) is 13.6. The molecule has 0 rings (SSSR count). The van der Waals surface area contributed by atoms with E-state index in [0.29, 0.717) is 13.2 Å². The fourth-order valence-electron chi connectivity index (χ4n) is 3.89. The van der Waals surface area contributed by atoms with Crippen LogP contribution >= 0.6 is 0 Å². The van der Waals surface area contributed by atoms with E-state index < -0.39 is 24.1 Å². The second-order valence-corrected chi connectivity index (χ2v) is 9.71. The molecule has 0 aliphatic rings. The highest BCUT2D eigenvalue weighted by molar-refractivity contribution is 5.71. The molecule has 34 heavy (non-hydrogen) atoms. The summed E-state index contributed by atoms with van der Waals surface area (Å²) in [7, 11) is 3.67. The van der Waals surface area contributed by atoms with E-state index in [4.69, 9.17) is 14.2 Å². The number of likely N-dealkylation sites (N-methyl/N-ethyl adjacent to an activating group) is 1. The molecule has 0 saturated heterocycles. The fraction of sp³-hybridized carbons (Fsp3) is 0.926. The summed E-state index contributed by atoms with van der Waals surface area (Å²) in [5.74, 6) is -0.935. The number of carbonyl (C=O) groups excluding carboxylic acids is 2. The first kappa shape index (κ1) is 32.8. The molecule has 0 aliphatic heterocycles. The molecule has 7 nitrogen and oxygen atoms in total. The summed E-state index contributed by atoms with van der Waals surface area (Å²) in [5.41, 5.74) is 0. The molecule has 0 aromatic carbocycles. The van der Waals surface area contributed by atoms with E-state index in [-0.39, 0.29) is 19.6 Å². The Bertz CT molecular complexity index is 486. The Balaban J connectivity index is 3.52. The van der Waals surface area contributed by atoms with Gasteiger partial charge in [-0.15, -0.1) is 0 Å². The van der Waals surface area contributed by atoms with Crippen LogP contribution in [-0.4, -0.2) is 74.6 Å². The van der Waals surface area contributed by atoms with Crippen molar-refractivity contribution in [1.29, 1.82) is 0 Å². The van der Waals surface area contributed by atoms with Gasteiger partial charge in [-0.2, -0.15) is 0 Å². The van der Waals surface area contributed by atoms with Crippen molar-refractivity contribution in [3.63, 3.8) is 0 Å². The molecule has 2 unspecified atom stereocenters. The SMILES string of the molecule is CCCCCCCCCCCCCCCCOCC(O)COC(=O)CC(CN(C)C)OC(C)=O. The molecular weight excluding hydrogens is 434 g/mol. The number of aliphatic hydroxyl groups is 1. The van der Waals surface area contributed by atoms with E-state index in [2.05, 4.69) is 6.92 Å². The maximum atomic E-state index is 12.0. The Morgan fingerprint density at radius 1 is 0.794 bits per heavy atom. The van der Waals surface area contributed by atoms with E-state index in [1.807, 2.05) is 19.0 Å². The Kier molecular flexibility index (Phi) is 22.7. The average Bonchev–Trinajstić information content (AvgIpc) is 2.76. The maximum absolute atomic E-state index is 12.0. The van der Waals surface area contributed by atoms with Crippen LogP contribution in [0.5, 0.6) is 0 Å². The predicted octanol–water partition coefficient (Wildman–Crippen LogP) is 5.27. The van der Waals surface area contributed by atoms with Gasteiger partial charge in [0.25, 0.3) is 0 Å². The minimum absolute atomic E-state index is 0.0373. The van der Waals surface area contributed by atoms with Gasteiger partial charge in [-0.05, 0) is 20.5 Å². The number of hydrogen-bond acceptors (Lipinski definition) is 7. The highest BCUT2D eigenvalue weighted by Crippen LogP contribution is 2.13. The Hall–Kier alpha value is -1.18. The van der Waals surface area contributed by atoms with Crippen LogP contribution in [-0.2, 0) is 23.8 Å². The largest absolute Gasteiger partial charge is 0.463 e. The molecule has 0 radical (unpaired) electrons. The molecule has 0 aliphatic carbocycles. The van der Waals surface area contributed by atoms with Crippen LogP contribution in [0, 0.1) is 0 Å². The zero-order valence-corrected chi connectivity index (χ0v) is 22.5. The summed E-state index contributed by atoms with van der Waals surface area (Å²) in [6.45, 7) is 4.65. The summed E-state index contributed by atoms with van der Waals surface area (Å²) >= 11 is 0. The fourth-order valence-corrected chi connectivity index (χ4v) is 3.89. The second kappa shape index (κ2) is 23.6. The molecule has 202 valence electrons. The Morgan fingerprint density at radius 2 is 1.29 bits per heavy atom. The third-order valence-corrected chi connectivity index (χ3v) is 5.68. The quantitative estimate of drug-likeness (QED) is 0.147. The summed E-state index contributed by atoms with van der Waals surface area (Å²) < 4.78 is 15.7. The molecule has 0 bridgehead atoms. The highest BCUT2D eigenvalue weighted by atomic mass is 16.6. The van der Waals surface area contributed by atoms with Crippen molar-refractivity contribution in [1.82, 2.24) is 4.90 Å². The van der Waals surface area contributed by atoms with Crippen LogP contribution in [0.4, 0.5) is 0 Å². The van der Waals surface area contributed by atoms with Crippen molar-refractivity contribution in [2.75, 3.05) is 40.5 Å². The molecule has 0 saturated carbocycles. The van der Waals surface area contributed by atoms with Crippen molar-refractivity contribution < 1.29 is 28.9 Å². The second-order valence-electron chi connectivity index (χ2n) is 9.71. The van der Waals surface area contributed by atoms with Crippen molar-refractivity contribution in [3.8, 4) is 0 Å². The number of rotatable bonds is 24.